The van der Waals surface area contributed by atoms with Crippen LogP contribution in [0.1, 0.15) is 12.5 Å². The van der Waals surface area contributed by atoms with Crippen molar-refractivity contribution in [2.45, 2.75) is 19.6 Å². The highest BCUT2D eigenvalue weighted by atomic mass is 127. The Labute approximate surface area is 181 Å². The zero-order valence-corrected chi connectivity index (χ0v) is 18.8. The summed E-state index contributed by atoms with van der Waals surface area (Å²) in [7, 11) is 3.70. The fourth-order valence-corrected chi connectivity index (χ4v) is 2.09. The first kappa shape index (κ1) is 26.7. The lowest BCUT2D eigenvalue weighted by molar-refractivity contribution is -0.153. The number of aliphatic imine (C=N–C) groups is 1. The summed E-state index contributed by atoms with van der Waals surface area (Å²) in [5.41, 5.74) is 0.878. The standard InChI is InChI=1S/C18H29F3N4O2.HI/c1-4-22-17(23-9-10-25(2)11-12-26-3)24-13-15-5-7-16(8-6-15)27-14-18(19,20)21;/h5-8H,4,9-14H2,1-3H3,(H2,22,23,24);1H. The molecule has 0 spiro atoms. The smallest absolute Gasteiger partial charge is 0.422 e. The molecule has 0 saturated carbocycles. The molecule has 0 saturated heterocycles. The summed E-state index contributed by atoms with van der Waals surface area (Å²) in [6.07, 6.45) is -4.34. The van der Waals surface area contributed by atoms with Gasteiger partial charge in [0, 0.05) is 33.3 Å². The summed E-state index contributed by atoms with van der Waals surface area (Å²) in [6.45, 7) is 4.95. The zero-order valence-electron chi connectivity index (χ0n) is 16.5. The highest BCUT2D eigenvalue weighted by Crippen LogP contribution is 2.19. The second kappa shape index (κ2) is 14.7. The lowest BCUT2D eigenvalue weighted by atomic mass is 10.2. The van der Waals surface area contributed by atoms with Crippen LogP contribution in [0, 0.1) is 0 Å². The number of rotatable bonds is 11. The van der Waals surface area contributed by atoms with Crippen LogP contribution in [0.15, 0.2) is 29.3 Å². The van der Waals surface area contributed by atoms with Gasteiger partial charge in [0.1, 0.15) is 5.75 Å². The van der Waals surface area contributed by atoms with Gasteiger partial charge in [-0.25, -0.2) is 4.99 Å². The third-order valence-electron chi connectivity index (χ3n) is 3.55. The Morgan fingerprint density at radius 1 is 1.14 bits per heavy atom. The number of likely N-dealkylation sites (N-methyl/N-ethyl adjacent to an activating group) is 1. The maximum absolute atomic E-state index is 12.1. The van der Waals surface area contributed by atoms with Crippen molar-refractivity contribution in [3.05, 3.63) is 29.8 Å². The minimum Gasteiger partial charge on any atom is -0.484 e. The van der Waals surface area contributed by atoms with Crippen molar-refractivity contribution >= 4 is 29.9 Å². The van der Waals surface area contributed by atoms with Gasteiger partial charge in [-0.05, 0) is 31.7 Å². The van der Waals surface area contributed by atoms with E-state index in [1.807, 2.05) is 14.0 Å². The minimum absolute atomic E-state index is 0. The van der Waals surface area contributed by atoms with Gasteiger partial charge in [0.15, 0.2) is 12.6 Å². The van der Waals surface area contributed by atoms with Gasteiger partial charge in [-0.1, -0.05) is 12.1 Å². The van der Waals surface area contributed by atoms with E-state index in [0.29, 0.717) is 19.1 Å². The number of alkyl halides is 3. The summed E-state index contributed by atoms with van der Waals surface area (Å²) in [5, 5.41) is 6.42. The Hall–Kier alpha value is -1.27. The number of guanidine groups is 1. The molecule has 0 aliphatic carbocycles. The highest BCUT2D eigenvalue weighted by Gasteiger charge is 2.28. The molecule has 6 nitrogen and oxygen atoms in total. The van der Waals surface area contributed by atoms with Crippen LogP contribution in [0.2, 0.25) is 0 Å². The average Bonchev–Trinajstić information content (AvgIpc) is 2.63. The van der Waals surface area contributed by atoms with Crippen LogP contribution in [0.5, 0.6) is 5.75 Å². The zero-order chi connectivity index (χ0) is 20.1. The quantitative estimate of drug-likeness (QED) is 0.268. The number of methoxy groups -OCH3 is 1. The van der Waals surface area contributed by atoms with Gasteiger partial charge in [0.25, 0.3) is 0 Å². The maximum Gasteiger partial charge on any atom is 0.422 e. The topological polar surface area (TPSA) is 58.1 Å². The first-order valence-corrected chi connectivity index (χ1v) is 8.82. The molecule has 0 heterocycles. The average molecular weight is 518 g/mol. The fourth-order valence-electron chi connectivity index (χ4n) is 2.09. The lowest BCUT2D eigenvalue weighted by Gasteiger charge is -2.17. The molecule has 0 bridgehead atoms. The number of hydrogen-bond donors (Lipinski definition) is 2. The van der Waals surface area contributed by atoms with Crippen LogP contribution >= 0.6 is 24.0 Å². The highest BCUT2D eigenvalue weighted by molar-refractivity contribution is 14.0. The second-order valence-electron chi connectivity index (χ2n) is 5.97. The van der Waals surface area contributed by atoms with Gasteiger partial charge in [0.2, 0.25) is 0 Å². The summed E-state index contributed by atoms with van der Waals surface area (Å²) in [4.78, 5) is 6.64. The summed E-state index contributed by atoms with van der Waals surface area (Å²) >= 11 is 0. The third-order valence-corrected chi connectivity index (χ3v) is 3.55. The largest absolute Gasteiger partial charge is 0.484 e. The molecule has 0 fully saturated rings. The van der Waals surface area contributed by atoms with E-state index in [0.717, 1.165) is 31.7 Å². The molecule has 0 amide bonds. The maximum atomic E-state index is 12.1. The first-order valence-electron chi connectivity index (χ1n) is 8.82. The van der Waals surface area contributed by atoms with E-state index in [1.165, 1.54) is 12.1 Å². The number of nitrogens with one attached hydrogen (secondary N) is 2. The fraction of sp³-hybridized carbons (Fsp3) is 0.611. The van der Waals surface area contributed by atoms with Crippen molar-refractivity contribution < 1.29 is 22.6 Å². The number of ether oxygens (including phenoxy) is 2. The van der Waals surface area contributed by atoms with E-state index in [-0.39, 0.29) is 29.7 Å². The van der Waals surface area contributed by atoms with Gasteiger partial charge in [-0.15, -0.1) is 24.0 Å². The molecule has 28 heavy (non-hydrogen) atoms. The van der Waals surface area contributed by atoms with E-state index >= 15 is 0 Å². The molecular formula is C18H30F3IN4O2. The normalized spacial score (nSPS) is 11.9. The lowest BCUT2D eigenvalue weighted by Crippen LogP contribution is -2.41. The van der Waals surface area contributed by atoms with Crippen molar-refractivity contribution in [1.29, 1.82) is 0 Å². The molecule has 1 aromatic carbocycles. The van der Waals surface area contributed by atoms with Crippen LogP contribution in [-0.2, 0) is 11.3 Å². The van der Waals surface area contributed by atoms with E-state index in [9.17, 15) is 13.2 Å². The Bertz CT molecular complexity index is 557. The molecule has 10 heteroatoms. The Balaban J connectivity index is 0.00000729. The molecule has 0 aliphatic rings. The number of nitrogens with zero attached hydrogens (tertiary/aromatic N) is 2. The van der Waals surface area contributed by atoms with Crippen molar-refractivity contribution in [3.63, 3.8) is 0 Å². The predicted octanol–water partition coefficient (Wildman–Crippen LogP) is 2.88. The Kier molecular flexibility index (Phi) is 14.0. The van der Waals surface area contributed by atoms with Gasteiger partial charge in [-0.3, -0.25) is 0 Å². The molecule has 0 aromatic heterocycles. The minimum atomic E-state index is -4.34. The summed E-state index contributed by atoms with van der Waals surface area (Å²) in [5.74, 6) is 0.874. The van der Waals surface area contributed by atoms with Crippen LogP contribution in [0.25, 0.3) is 0 Å². The van der Waals surface area contributed by atoms with Crippen LogP contribution < -0.4 is 15.4 Å². The van der Waals surface area contributed by atoms with E-state index in [1.54, 1.807) is 19.2 Å². The molecular weight excluding hydrogens is 488 g/mol. The van der Waals surface area contributed by atoms with Crippen molar-refractivity contribution in [2.24, 2.45) is 4.99 Å². The van der Waals surface area contributed by atoms with Gasteiger partial charge in [0.05, 0.1) is 13.2 Å². The van der Waals surface area contributed by atoms with E-state index < -0.39 is 12.8 Å². The summed E-state index contributed by atoms with van der Waals surface area (Å²) < 4.78 is 46.2. The molecule has 1 rings (SSSR count). The summed E-state index contributed by atoms with van der Waals surface area (Å²) in [6, 6.07) is 6.44. The second-order valence-corrected chi connectivity index (χ2v) is 5.97. The van der Waals surface area contributed by atoms with Crippen molar-refractivity contribution in [2.75, 3.05) is 53.6 Å². The van der Waals surface area contributed by atoms with Gasteiger partial charge >= 0.3 is 6.18 Å². The van der Waals surface area contributed by atoms with E-state index in [4.69, 9.17) is 9.47 Å². The first-order chi connectivity index (χ1) is 12.8. The SMILES string of the molecule is CCNC(=NCc1ccc(OCC(F)(F)F)cc1)NCCN(C)CCOC.I. The molecule has 1 aromatic rings. The Morgan fingerprint density at radius 3 is 2.39 bits per heavy atom. The van der Waals surface area contributed by atoms with E-state index in [2.05, 4.69) is 20.5 Å². The number of hydrogen-bond acceptors (Lipinski definition) is 4. The molecule has 2 N–H and O–H groups in total. The van der Waals surface area contributed by atoms with Gasteiger partial charge in [-0.2, -0.15) is 13.2 Å². The van der Waals surface area contributed by atoms with Crippen molar-refractivity contribution in [3.8, 4) is 5.75 Å². The third kappa shape index (κ3) is 13.0. The molecule has 162 valence electrons. The van der Waals surface area contributed by atoms with Crippen LogP contribution in [0.4, 0.5) is 13.2 Å². The van der Waals surface area contributed by atoms with Gasteiger partial charge < -0.3 is 25.0 Å². The monoisotopic (exact) mass is 518 g/mol. The molecule has 0 unspecified atom stereocenters. The molecule has 0 atom stereocenters. The van der Waals surface area contributed by atoms with Crippen LogP contribution in [-0.4, -0.2) is 70.6 Å². The molecule has 0 aliphatic heterocycles. The van der Waals surface area contributed by atoms with Crippen molar-refractivity contribution in [1.82, 2.24) is 15.5 Å². The predicted molar refractivity (Wildman–Crippen MR) is 116 cm³/mol. The number of halogens is 4. The Morgan fingerprint density at radius 2 is 1.82 bits per heavy atom. The molecule has 0 radical (unpaired) electrons. The number of benzene rings is 1. The van der Waals surface area contributed by atoms with Crippen LogP contribution in [0.3, 0.4) is 0 Å².